The summed E-state index contributed by atoms with van der Waals surface area (Å²) >= 11 is 5.85. The van der Waals surface area contributed by atoms with Crippen LogP contribution in [0.15, 0.2) is 24.3 Å². The molecule has 19 heavy (non-hydrogen) atoms. The van der Waals surface area contributed by atoms with Crippen LogP contribution in [0.2, 0.25) is 0 Å². The molecule has 1 fully saturated rings. The zero-order chi connectivity index (χ0) is 13.8. The van der Waals surface area contributed by atoms with E-state index < -0.39 is 0 Å². The largest absolute Gasteiger partial charge is 0.491 e. The van der Waals surface area contributed by atoms with Crippen molar-refractivity contribution in [2.75, 3.05) is 19.0 Å². The molecule has 1 saturated heterocycles. The van der Waals surface area contributed by atoms with Gasteiger partial charge in [-0.2, -0.15) is 0 Å². The third-order valence-electron chi connectivity index (χ3n) is 3.24. The molecule has 0 aromatic heterocycles. The molecule has 2 rings (SSSR count). The second-order valence-corrected chi connectivity index (χ2v) is 5.56. The summed E-state index contributed by atoms with van der Waals surface area (Å²) in [6, 6.07) is 7.39. The van der Waals surface area contributed by atoms with Crippen LogP contribution in [0.3, 0.4) is 0 Å². The van der Waals surface area contributed by atoms with E-state index in [2.05, 4.69) is 0 Å². The van der Waals surface area contributed by atoms with Gasteiger partial charge in [-0.25, -0.2) is 0 Å². The van der Waals surface area contributed by atoms with E-state index in [1.165, 1.54) is 0 Å². The minimum absolute atomic E-state index is 0.0711. The van der Waals surface area contributed by atoms with E-state index in [4.69, 9.17) is 16.3 Å². The van der Waals surface area contributed by atoms with E-state index in [9.17, 15) is 4.79 Å². The summed E-state index contributed by atoms with van der Waals surface area (Å²) in [7, 11) is 0. The van der Waals surface area contributed by atoms with E-state index >= 15 is 0 Å². The van der Waals surface area contributed by atoms with Crippen molar-refractivity contribution in [1.82, 2.24) is 4.90 Å². The molecule has 0 spiro atoms. The maximum Gasteiger partial charge on any atom is 0.253 e. The number of rotatable bonds is 4. The van der Waals surface area contributed by atoms with E-state index in [-0.39, 0.29) is 12.0 Å². The summed E-state index contributed by atoms with van der Waals surface area (Å²) in [5.74, 6) is 1.87. The standard InChI is InChI=1S/C15H20ClNO2/c1-11(2)19-14-5-3-4-13(8-14)15(18)17-7-6-12(9-16)10-17/h3-5,8,11-12H,6-7,9-10H2,1-2H3. The van der Waals surface area contributed by atoms with Gasteiger partial charge in [0.05, 0.1) is 6.10 Å². The van der Waals surface area contributed by atoms with Crippen molar-refractivity contribution in [2.45, 2.75) is 26.4 Å². The molecule has 1 aromatic carbocycles. The summed E-state index contributed by atoms with van der Waals surface area (Å²) in [4.78, 5) is 14.3. The molecule has 0 saturated carbocycles. The maximum absolute atomic E-state index is 12.4. The molecular formula is C15H20ClNO2. The fraction of sp³-hybridized carbons (Fsp3) is 0.533. The van der Waals surface area contributed by atoms with Crippen LogP contribution in [-0.2, 0) is 0 Å². The van der Waals surface area contributed by atoms with Gasteiger partial charge < -0.3 is 9.64 Å². The van der Waals surface area contributed by atoms with Crippen LogP contribution >= 0.6 is 11.6 Å². The Bertz CT molecular complexity index is 448. The number of benzene rings is 1. The molecule has 0 bridgehead atoms. The number of hydrogen-bond acceptors (Lipinski definition) is 2. The Labute approximate surface area is 119 Å². The lowest BCUT2D eigenvalue weighted by molar-refractivity contribution is 0.0787. The molecule has 1 aliphatic heterocycles. The van der Waals surface area contributed by atoms with Crippen molar-refractivity contribution in [1.29, 1.82) is 0 Å². The average molecular weight is 282 g/mol. The summed E-state index contributed by atoms with van der Waals surface area (Å²) in [6.07, 6.45) is 1.11. The fourth-order valence-electron chi connectivity index (χ4n) is 2.30. The highest BCUT2D eigenvalue weighted by Crippen LogP contribution is 2.22. The van der Waals surface area contributed by atoms with Crippen LogP contribution in [-0.4, -0.2) is 35.9 Å². The summed E-state index contributed by atoms with van der Waals surface area (Å²) in [6.45, 7) is 5.50. The first-order chi connectivity index (χ1) is 9.10. The fourth-order valence-corrected chi connectivity index (χ4v) is 2.55. The van der Waals surface area contributed by atoms with Crippen molar-refractivity contribution >= 4 is 17.5 Å². The van der Waals surface area contributed by atoms with Crippen molar-refractivity contribution in [3.05, 3.63) is 29.8 Å². The SMILES string of the molecule is CC(C)Oc1cccc(C(=O)N2CCC(CCl)C2)c1. The Morgan fingerprint density at radius 1 is 1.53 bits per heavy atom. The van der Waals surface area contributed by atoms with Gasteiger partial charge in [0.2, 0.25) is 0 Å². The lowest BCUT2D eigenvalue weighted by Gasteiger charge is -2.17. The Morgan fingerprint density at radius 2 is 2.32 bits per heavy atom. The van der Waals surface area contributed by atoms with Gasteiger partial charge in [-0.15, -0.1) is 11.6 Å². The van der Waals surface area contributed by atoms with Crippen LogP contribution in [0.4, 0.5) is 0 Å². The Hall–Kier alpha value is -1.22. The van der Waals surface area contributed by atoms with Gasteiger partial charge in [0.15, 0.2) is 0 Å². The minimum Gasteiger partial charge on any atom is -0.491 e. The average Bonchev–Trinajstić information content (AvgIpc) is 2.86. The lowest BCUT2D eigenvalue weighted by Crippen LogP contribution is -2.28. The van der Waals surface area contributed by atoms with Crippen LogP contribution in [0.1, 0.15) is 30.6 Å². The van der Waals surface area contributed by atoms with Gasteiger partial charge in [0.1, 0.15) is 5.75 Å². The van der Waals surface area contributed by atoms with Gasteiger partial charge in [-0.1, -0.05) is 6.07 Å². The Balaban J connectivity index is 2.07. The predicted molar refractivity (Wildman–Crippen MR) is 76.9 cm³/mol. The quantitative estimate of drug-likeness (QED) is 0.794. The molecule has 1 amide bonds. The molecule has 1 unspecified atom stereocenters. The van der Waals surface area contributed by atoms with Gasteiger partial charge in [0, 0.05) is 24.5 Å². The number of nitrogens with zero attached hydrogens (tertiary/aromatic N) is 1. The molecule has 0 aliphatic carbocycles. The second-order valence-electron chi connectivity index (χ2n) is 5.25. The molecule has 1 atom stereocenters. The number of amides is 1. The topological polar surface area (TPSA) is 29.5 Å². The van der Waals surface area contributed by atoms with Crippen LogP contribution in [0.5, 0.6) is 5.75 Å². The van der Waals surface area contributed by atoms with Gasteiger partial charge in [0.25, 0.3) is 5.91 Å². The lowest BCUT2D eigenvalue weighted by atomic mass is 10.1. The molecule has 0 radical (unpaired) electrons. The van der Waals surface area contributed by atoms with Crippen molar-refractivity contribution in [2.24, 2.45) is 5.92 Å². The number of likely N-dealkylation sites (tertiary alicyclic amines) is 1. The van der Waals surface area contributed by atoms with Crippen LogP contribution in [0.25, 0.3) is 0 Å². The van der Waals surface area contributed by atoms with Gasteiger partial charge >= 0.3 is 0 Å². The van der Waals surface area contributed by atoms with E-state index in [0.717, 1.165) is 25.3 Å². The first-order valence-corrected chi connectivity index (χ1v) is 7.25. The molecule has 3 nitrogen and oxygen atoms in total. The van der Waals surface area contributed by atoms with E-state index in [1.54, 1.807) is 0 Å². The Morgan fingerprint density at radius 3 is 2.95 bits per heavy atom. The summed E-state index contributed by atoms with van der Waals surface area (Å²) < 4.78 is 5.62. The maximum atomic E-state index is 12.4. The molecule has 1 heterocycles. The molecule has 1 aromatic rings. The number of ether oxygens (including phenoxy) is 1. The van der Waals surface area contributed by atoms with Crippen molar-refractivity contribution in [3.63, 3.8) is 0 Å². The van der Waals surface area contributed by atoms with Crippen LogP contribution < -0.4 is 4.74 Å². The third-order valence-corrected chi connectivity index (χ3v) is 3.68. The number of carbonyl (C=O) groups is 1. The van der Waals surface area contributed by atoms with Gasteiger partial charge in [-0.05, 0) is 44.4 Å². The molecule has 104 valence electrons. The molecule has 4 heteroatoms. The van der Waals surface area contributed by atoms with Crippen LogP contribution in [0, 0.1) is 5.92 Å². The Kier molecular flexibility index (Phi) is 4.70. The van der Waals surface area contributed by atoms with Gasteiger partial charge in [-0.3, -0.25) is 4.79 Å². The highest BCUT2D eigenvalue weighted by atomic mass is 35.5. The minimum atomic E-state index is 0.0711. The predicted octanol–water partition coefficient (Wildman–Crippen LogP) is 3.17. The normalized spacial score (nSPS) is 18.9. The zero-order valence-electron chi connectivity index (χ0n) is 11.4. The number of alkyl halides is 1. The number of halogens is 1. The highest BCUT2D eigenvalue weighted by Gasteiger charge is 2.26. The first-order valence-electron chi connectivity index (χ1n) is 6.72. The smallest absolute Gasteiger partial charge is 0.253 e. The third kappa shape index (κ3) is 3.63. The monoisotopic (exact) mass is 281 g/mol. The summed E-state index contributed by atoms with van der Waals surface area (Å²) in [5.41, 5.74) is 0.688. The second kappa shape index (κ2) is 6.29. The zero-order valence-corrected chi connectivity index (χ0v) is 12.2. The molecule has 0 N–H and O–H groups in total. The highest BCUT2D eigenvalue weighted by molar-refractivity contribution is 6.18. The summed E-state index contributed by atoms with van der Waals surface area (Å²) in [5, 5.41) is 0. The van der Waals surface area contributed by atoms with Crippen molar-refractivity contribution < 1.29 is 9.53 Å². The van der Waals surface area contributed by atoms with Crippen molar-refractivity contribution in [3.8, 4) is 5.75 Å². The molecular weight excluding hydrogens is 262 g/mol. The number of carbonyl (C=O) groups excluding carboxylic acids is 1. The molecule has 1 aliphatic rings. The first kappa shape index (κ1) is 14.2. The van der Waals surface area contributed by atoms with E-state index in [1.807, 2.05) is 43.0 Å². The number of hydrogen-bond donors (Lipinski definition) is 0. The van der Waals surface area contributed by atoms with E-state index in [0.29, 0.717) is 17.4 Å².